The molecule has 0 bridgehead atoms. The molecule has 0 unspecified atom stereocenters. The number of carboxylic acid groups (broad SMARTS) is 1. The first-order valence-electron chi connectivity index (χ1n) is 24.4. The second kappa shape index (κ2) is 25.6. The lowest BCUT2D eigenvalue weighted by Crippen LogP contribution is -2.44. The largest absolute Gasteiger partial charge is 0.493 e. The van der Waals surface area contributed by atoms with E-state index in [1.54, 1.807) is 66.7 Å². The molecule has 0 aliphatic carbocycles. The zero-order chi connectivity index (χ0) is 47.7. The Morgan fingerprint density at radius 1 is 0.731 bits per heavy atom. The third-order valence-electron chi connectivity index (χ3n) is 13.0. The Kier molecular flexibility index (Phi) is 19.4. The van der Waals surface area contributed by atoms with Crippen molar-refractivity contribution in [3.8, 4) is 23.0 Å². The first-order valence-corrected chi connectivity index (χ1v) is 24.8. The van der Waals surface area contributed by atoms with Crippen LogP contribution in [0.15, 0.2) is 78.9 Å². The Balaban J connectivity index is 0.000000279. The number of rotatable bonds is 19. The number of carboxylic acids is 1. The summed E-state index contributed by atoms with van der Waals surface area (Å²) in [4.78, 5) is 44.0. The van der Waals surface area contributed by atoms with E-state index < -0.39 is 5.97 Å². The maximum Gasteiger partial charge on any atom is 0.335 e. The van der Waals surface area contributed by atoms with E-state index in [4.69, 9.17) is 30.9 Å². The Labute approximate surface area is 402 Å². The van der Waals surface area contributed by atoms with Crippen molar-refractivity contribution < 1.29 is 33.7 Å². The van der Waals surface area contributed by atoms with Crippen LogP contribution in [-0.2, 0) is 6.42 Å². The van der Waals surface area contributed by atoms with Crippen molar-refractivity contribution in [3.63, 3.8) is 0 Å². The lowest BCUT2D eigenvalue weighted by Gasteiger charge is -2.38. The zero-order valence-corrected chi connectivity index (χ0v) is 40.8. The number of nitrogens with zero attached hydrogens (tertiary/aromatic N) is 3. The number of unbranched alkanes of at least 4 members (excludes halogenated alkanes) is 2. The summed E-state index contributed by atoms with van der Waals surface area (Å²) < 4.78 is 17.7. The molecule has 3 aliphatic rings. The highest BCUT2D eigenvalue weighted by Gasteiger charge is 2.30. The molecule has 13 nitrogen and oxygen atoms in total. The number of carbonyl (C=O) groups is 3. The van der Waals surface area contributed by atoms with Crippen LogP contribution in [0.2, 0.25) is 5.02 Å². The minimum Gasteiger partial charge on any atom is -0.493 e. The molecule has 3 heterocycles. The molecule has 362 valence electrons. The highest BCUT2D eigenvalue weighted by atomic mass is 35.5. The van der Waals surface area contributed by atoms with Crippen molar-refractivity contribution in [1.29, 1.82) is 0 Å². The molecule has 7 rings (SSSR count). The highest BCUT2D eigenvalue weighted by Crippen LogP contribution is 2.36. The molecule has 67 heavy (non-hydrogen) atoms. The number of carbonyl (C=O) groups excluding carboxylic acids is 2. The van der Waals surface area contributed by atoms with E-state index in [2.05, 4.69) is 44.5 Å². The van der Waals surface area contributed by atoms with E-state index in [1.807, 2.05) is 26.0 Å². The second-order valence-electron chi connectivity index (χ2n) is 17.7. The Morgan fingerprint density at radius 3 is 1.99 bits per heavy atom. The number of hydrogen-bond donors (Lipinski definition) is 4. The third-order valence-corrected chi connectivity index (χ3v) is 13.3. The predicted molar refractivity (Wildman–Crippen MR) is 269 cm³/mol. The minimum atomic E-state index is -0.828. The summed E-state index contributed by atoms with van der Waals surface area (Å²) >= 11 is 6.50. The van der Waals surface area contributed by atoms with Gasteiger partial charge in [-0.05, 0) is 149 Å². The molecule has 0 atom stereocenters. The SMILES string of the molecule is CCCCN1CCC(N2CCc3cc(C(=O)O)ccc32)CC1.CCCCN1CCC(Oc2ccc(C(=O)Nc3ccc(Oc4ccc(NC(=O)NC(CC)CC)cc4OC)cc3)c(Cl)c2)CC1. The molecule has 0 spiro atoms. The van der Waals surface area contributed by atoms with Crippen LogP contribution in [0, 0.1) is 0 Å². The molecule has 3 amide bonds. The van der Waals surface area contributed by atoms with Gasteiger partial charge in [0.2, 0.25) is 0 Å². The van der Waals surface area contributed by atoms with Gasteiger partial charge < -0.3 is 50.0 Å². The van der Waals surface area contributed by atoms with Crippen LogP contribution in [0.5, 0.6) is 23.0 Å². The fraction of sp³-hybridized carbons (Fsp3) is 0.491. The van der Waals surface area contributed by atoms with Crippen molar-refractivity contribution in [2.45, 2.75) is 117 Å². The van der Waals surface area contributed by atoms with Crippen molar-refractivity contribution in [2.75, 3.05) is 68.5 Å². The number of methoxy groups -OCH3 is 1. The summed E-state index contributed by atoms with van der Waals surface area (Å²) in [6, 6.07) is 23.5. The number of anilines is 3. The third kappa shape index (κ3) is 14.7. The van der Waals surface area contributed by atoms with E-state index in [0.717, 1.165) is 58.3 Å². The number of fused-ring (bicyclic) bond motifs is 1. The van der Waals surface area contributed by atoms with Crippen LogP contribution in [0.25, 0.3) is 0 Å². The summed E-state index contributed by atoms with van der Waals surface area (Å²) in [5.74, 6) is 1.03. The number of halogens is 1. The van der Waals surface area contributed by atoms with E-state index in [1.165, 1.54) is 76.5 Å². The van der Waals surface area contributed by atoms with Crippen LogP contribution in [0.4, 0.5) is 21.9 Å². The summed E-state index contributed by atoms with van der Waals surface area (Å²) in [6.07, 6.45) is 12.3. The molecule has 4 N–H and O–H groups in total. The van der Waals surface area contributed by atoms with Gasteiger partial charge in [0.15, 0.2) is 11.5 Å². The van der Waals surface area contributed by atoms with Gasteiger partial charge in [-0.25, -0.2) is 9.59 Å². The van der Waals surface area contributed by atoms with Crippen LogP contribution in [0.3, 0.4) is 0 Å². The summed E-state index contributed by atoms with van der Waals surface area (Å²) in [5.41, 5.74) is 4.42. The summed E-state index contributed by atoms with van der Waals surface area (Å²) in [6.45, 7) is 16.4. The van der Waals surface area contributed by atoms with Crippen molar-refractivity contribution >= 4 is 46.6 Å². The smallest absolute Gasteiger partial charge is 0.335 e. The van der Waals surface area contributed by atoms with Gasteiger partial charge in [0.25, 0.3) is 5.91 Å². The molecular weight excluding hydrogens is 868 g/mol. The van der Waals surface area contributed by atoms with Gasteiger partial charge >= 0.3 is 12.0 Å². The van der Waals surface area contributed by atoms with Gasteiger partial charge in [-0.1, -0.05) is 52.1 Å². The molecule has 2 fully saturated rings. The van der Waals surface area contributed by atoms with E-state index >= 15 is 0 Å². The first kappa shape index (κ1) is 50.9. The maximum atomic E-state index is 13.0. The van der Waals surface area contributed by atoms with Gasteiger partial charge in [-0.2, -0.15) is 0 Å². The number of amides is 3. The molecular formula is C53H71ClN6O7. The lowest BCUT2D eigenvalue weighted by molar-refractivity contribution is 0.0696. The lowest BCUT2D eigenvalue weighted by atomic mass is 10.0. The average Bonchev–Trinajstić information content (AvgIpc) is 3.77. The van der Waals surface area contributed by atoms with E-state index in [0.29, 0.717) is 56.6 Å². The molecule has 3 aliphatic heterocycles. The number of aromatic carboxylic acids is 1. The Morgan fingerprint density at radius 2 is 1.37 bits per heavy atom. The molecule has 0 radical (unpaired) electrons. The maximum absolute atomic E-state index is 13.0. The standard InChI is InChI=1S/C35H45ClN4O5.C18H26N2O2/c1-5-8-19-40-20-17-28(18-21-40)44-29-14-15-30(31(36)23-29)34(41)37-25-9-12-27(13-10-25)45-32-16-11-26(22-33(32)43-4)39-35(42)38-24(6-2)7-3;1-2-3-9-19-10-7-16(8-11-19)20-12-6-14-13-15(18(21)22)4-5-17(14)20/h9-16,22-24,28H,5-8,17-21H2,1-4H3,(H,37,41)(H2,38,39,42);4-5,13,16H,2-3,6-12H2,1H3,(H,21,22). The van der Waals surface area contributed by atoms with Crippen LogP contribution in [-0.4, -0.2) is 104 Å². The summed E-state index contributed by atoms with van der Waals surface area (Å²) in [5, 5.41) is 18.1. The molecule has 2 saturated heterocycles. The first-order chi connectivity index (χ1) is 32.5. The number of urea groups is 1. The van der Waals surface area contributed by atoms with Crippen LogP contribution >= 0.6 is 11.6 Å². The Bertz CT molecular complexity index is 2220. The van der Waals surface area contributed by atoms with Gasteiger partial charge in [0, 0.05) is 67.9 Å². The number of nitrogens with one attached hydrogen (secondary N) is 3. The van der Waals surface area contributed by atoms with E-state index in [9.17, 15) is 14.4 Å². The highest BCUT2D eigenvalue weighted by molar-refractivity contribution is 6.34. The Hall–Kier alpha value is -5.50. The van der Waals surface area contributed by atoms with Gasteiger partial charge in [0.05, 0.1) is 23.3 Å². The number of ether oxygens (including phenoxy) is 3. The quantitative estimate of drug-likeness (QED) is 0.0717. The number of hydrogen-bond acceptors (Lipinski definition) is 9. The second-order valence-corrected chi connectivity index (χ2v) is 18.1. The van der Waals surface area contributed by atoms with Gasteiger partial charge in [-0.3, -0.25) is 4.79 Å². The number of likely N-dealkylation sites (tertiary alicyclic amines) is 2. The molecule has 4 aromatic carbocycles. The topological polar surface area (TPSA) is 145 Å². The molecule has 14 heteroatoms. The van der Waals surface area contributed by atoms with E-state index in [-0.39, 0.29) is 24.1 Å². The van der Waals surface area contributed by atoms with Gasteiger partial charge in [0.1, 0.15) is 17.6 Å². The fourth-order valence-corrected chi connectivity index (χ4v) is 9.22. The fourth-order valence-electron chi connectivity index (χ4n) is 8.96. The molecule has 4 aromatic rings. The normalized spacial score (nSPS) is 15.6. The molecule has 0 saturated carbocycles. The number of benzene rings is 4. The van der Waals surface area contributed by atoms with Crippen molar-refractivity contribution in [2.24, 2.45) is 0 Å². The summed E-state index contributed by atoms with van der Waals surface area (Å²) in [7, 11) is 1.54. The molecule has 0 aromatic heterocycles. The minimum absolute atomic E-state index is 0.118. The average molecular weight is 940 g/mol. The zero-order valence-electron chi connectivity index (χ0n) is 40.1. The van der Waals surface area contributed by atoms with Crippen molar-refractivity contribution in [1.82, 2.24) is 15.1 Å². The van der Waals surface area contributed by atoms with Crippen molar-refractivity contribution in [3.05, 3.63) is 101 Å². The number of piperidine rings is 2. The van der Waals surface area contributed by atoms with Crippen LogP contribution < -0.4 is 35.1 Å². The van der Waals surface area contributed by atoms with Gasteiger partial charge in [-0.15, -0.1) is 0 Å². The van der Waals surface area contributed by atoms with Crippen LogP contribution in [0.1, 0.15) is 118 Å². The monoisotopic (exact) mass is 939 g/mol. The predicted octanol–water partition coefficient (Wildman–Crippen LogP) is 11.4.